The predicted molar refractivity (Wildman–Crippen MR) is 156 cm³/mol. The van der Waals surface area contributed by atoms with Crippen LogP contribution in [-0.2, 0) is 16.8 Å². The maximum atomic E-state index is 14.9. The maximum Gasteiger partial charge on any atom is 0.290 e. The van der Waals surface area contributed by atoms with E-state index in [-0.39, 0.29) is 16.7 Å². The number of hydrogen-bond acceptors (Lipinski definition) is 3. The molecule has 1 aliphatic carbocycles. The highest BCUT2D eigenvalue weighted by molar-refractivity contribution is 6.35. The number of carbonyl (C=O) groups is 1. The quantitative estimate of drug-likeness (QED) is 0.194. The van der Waals surface area contributed by atoms with E-state index < -0.39 is 5.54 Å². The van der Waals surface area contributed by atoms with Gasteiger partial charge in [-0.25, -0.2) is 0 Å². The number of rotatable bonds is 5. The average Bonchev–Trinajstić information content (AvgIpc) is 3.39. The molecule has 0 amide bonds. The lowest BCUT2D eigenvalue weighted by molar-refractivity contribution is -0.122. The summed E-state index contributed by atoms with van der Waals surface area (Å²) in [5, 5.41) is 23.0. The van der Waals surface area contributed by atoms with Crippen LogP contribution < -0.4 is 9.38 Å². The van der Waals surface area contributed by atoms with E-state index in [2.05, 4.69) is 44.2 Å². The van der Waals surface area contributed by atoms with Gasteiger partial charge in [0.15, 0.2) is 0 Å². The molecule has 2 aliphatic rings. The molecule has 7 heteroatoms. The van der Waals surface area contributed by atoms with Crippen molar-refractivity contribution in [1.82, 2.24) is 4.65 Å². The number of nitrogens with zero attached hydrogens (tertiary/aromatic N) is 1. The van der Waals surface area contributed by atoms with Crippen LogP contribution in [0.3, 0.4) is 0 Å². The fourth-order valence-electron chi connectivity index (χ4n) is 6.11. The van der Waals surface area contributed by atoms with Crippen LogP contribution in [0, 0.1) is 5.21 Å². The zero-order valence-electron chi connectivity index (χ0n) is 22.2. The van der Waals surface area contributed by atoms with Gasteiger partial charge in [0.05, 0.1) is 6.54 Å². The summed E-state index contributed by atoms with van der Waals surface area (Å²) >= 11 is 12.5. The van der Waals surface area contributed by atoms with E-state index in [9.17, 15) is 5.21 Å². The summed E-state index contributed by atoms with van der Waals surface area (Å²) in [6.45, 7) is 6.50. The molecule has 1 heterocycles. The molecule has 0 radical (unpaired) electrons. The fraction of sp³-hybridized carbons (Fsp3) is 0.387. The number of ether oxygens (including phenoxy) is 1. The Labute approximate surface area is 235 Å². The minimum Gasteiger partial charge on any atom is -0.627 e. The molecule has 1 saturated carbocycles. The Bertz CT molecular complexity index is 1270. The second-order valence-corrected chi connectivity index (χ2v) is 11.7. The topological polar surface area (TPSA) is 69.6 Å². The number of carboxylic acid groups (broad SMARTS) is 1. The normalized spacial score (nSPS) is 18.8. The van der Waals surface area contributed by atoms with Crippen LogP contribution in [0.2, 0.25) is 10.0 Å². The molecule has 1 fully saturated rings. The van der Waals surface area contributed by atoms with E-state index in [4.69, 9.17) is 37.8 Å². The lowest BCUT2D eigenvalue weighted by Gasteiger charge is -2.55. The highest BCUT2D eigenvalue weighted by atomic mass is 35.5. The van der Waals surface area contributed by atoms with Crippen molar-refractivity contribution < 1.29 is 14.6 Å². The van der Waals surface area contributed by atoms with Crippen molar-refractivity contribution in [2.75, 3.05) is 6.54 Å². The molecule has 1 atom stereocenters. The van der Waals surface area contributed by atoms with Gasteiger partial charge >= 0.3 is 0 Å². The molecule has 3 aromatic carbocycles. The molecule has 5 nitrogen and oxygen atoms in total. The number of hydroxylamine groups is 2. The zero-order valence-corrected chi connectivity index (χ0v) is 23.7. The van der Waals surface area contributed by atoms with Gasteiger partial charge in [0.2, 0.25) is 0 Å². The lowest BCUT2D eigenvalue weighted by Crippen LogP contribution is -2.58. The average molecular weight is 557 g/mol. The predicted octanol–water partition coefficient (Wildman–Crippen LogP) is 8.76. The first kappa shape index (κ1) is 28.4. The molecule has 0 bridgehead atoms. The van der Waals surface area contributed by atoms with Gasteiger partial charge in [-0.15, -0.1) is 0 Å². The van der Waals surface area contributed by atoms with Gasteiger partial charge in [-0.05, 0) is 81.8 Å². The van der Waals surface area contributed by atoms with E-state index in [0.717, 1.165) is 72.2 Å². The van der Waals surface area contributed by atoms with Gasteiger partial charge in [0.1, 0.15) is 22.6 Å². The van der Waals surface area contributed by atoms with Gasteiger partial charge in [0, 0.05) is 46.1 Å². The Morgan fingerprint density at radius 1 is 0.947 bits per heavy atom. The smallest absolute Gasteiger partial charge is 0.290 e. The van der Waals surface area contributed by atoms with Gasteiger partial charge in [0.25, 0.3) is 6.47 Å². The summed E-state index contributed by atoms with van der Waals surface area (Å²) in [6.07, 6.45) is 5.78. The molecule has 3 aromatic rings. The highest BCUT2D eigenvalue weighted by Crippen LogP contribution is 2.51. The molecule has 1 aliphatic heterocycles. The molecule has 202 valence electrons. The van der Waals surface area contributed by atoms with Crippen LogP contribution in [0.1, 0.15) is 64.0 Å². The van der Waals surface area contributed by atoms with Crippen molar-refractivity contribution in [3.05, 3.63) is 87.0 Å². The van der Waals surface area contributed by atoms with Crippen LogP contribution in [0.25, 0.3) is 11.1 Å². The Morgan fingerprint density at radius 2 is 1.55 bits per heavy atom. The minimum absolute atomic E-state index is 0.162. The van der Waals surface area contributed by atoms with Crippen molar-refractivity contribution in [1.29, 1.82) is 0 Å². The molecule has 0 spiro atoms. The highest BCUT2D eigenvalue weighted by Gasteiger charge is 2.50. The Morgan fingerprint density at radius 3 is 2.13 bits per heavy atom. The van der Waals surface area contributed by atoms with Crippen molar-refractivity contribution in [2.24, 2.45) is 0 Å². The molecule has 5 rings (SSSR count). The summed E-state index contributed by atoms with van der Waals surface area (Å²) in [7, 11) is 0. The van der Waals surface area contributed by atoms with Crippen LogP contribution in [0.4, 0.5) is 5.69 Å². The molecular formula is C31H35Cl2NO4. The Hall–Kier alpha value is -2.57. The monoisotopic (exact) mass is 555 g/mol. The van der Waals surface area contributed by atoms with E-state index in [1.54, 1.807) is 6.07 Å². The summed E-state index contributed by atoms with van der Waals surface area (Å²) in [5.74, 6) is 0.915. The SMILES string of the molecule is CC[N+]([O-])(c1ccc2c(c1)CCC(C)(C)O2)C1(c2ccc(-c3cc(Cl)cc(Cl)c3)cc2)CCCC1.O=CO. The number of quaternary nitrogens is 1. The molecule has 1 unspecified atom stereocenters. The number of halogens is 2. The van der Waals surface area contributed by atoms with Crippen LogP contribution in [0.15, 0.2) is 60.7 Å². The fourth-order valence-corrected chi connectivity index (χ4v) is 6.64. The number of hydrogen-bond donors (Lipinski definition) is 1. The molecular weight excluding hydrogens is 521 g/mol. The first-order valence-electron chi connectivity index (χ1n) is 13.1. The lowest BCUT2D eigenvalue weighted by atomic mass is 9.83. The third kappa shape index (κ3) is 5.43. The van der Waals surface area contributed by atoms with E-state index in [0.29, 0.717) is 16.6 Å². The van der Waals surface area contributed by atoms with Gasteiger partial charge in [-0.2, -0.15) is 0 Å². The standard InChI is InChI=1S/C30H33Cl2NO2.CH2O2/c1-4-33(34,27-11-12-28-22(19-27)13-16-29(2,3)35-28)30(14-5-6-15-30)24-9-7-21(8-10-24)23-17-25(31)20-26(32)18-23;2-1-3/h7-12,17-20H,4-6,13-16H2,1-3H3;1H,(H,2,3). The molecule has 0 saturated heterocycles. The van der Waals surface area contributed by atoms with Crippen LogP contribution in [0.5, 0.6) is 5.75 Å². The number of fused-ring (bicyclic) bond motifs is 1. The van der Waals surface area contributed by atoms with Crippen molar-refractivity contribution in [3.8, 4) is 16.9 Å². The van der Waals surface area contributed by atoms with Crippen molar-refractivity contribution >= 4 is 35.4 Å². The van der Waals surface area contributed by atoms with Crippen LogP contribution in [-0.4, -0.2) is 23.7 Å². The van der Waals surface area contributed by atoms with Gasteiger partial charge in [-0.3, -0.25) is 4.79 Å². The molecule has 38 heavy (non-hydrogen) atoms. The first-order valence-corrected chi connectivity index (χ1v) is 13.9. The number of aryl methyl sites for hydroxylation is 1. The Balaban J connectivity index is 0.00000107. The summed E-state index contributed by atoms with van der Waals surface area (Å²) < 4.78 is 5.86. The van der Waals surface area contributed by atoms with Crippen molar-refractivity contribution in [3.63, 3.8) is 0 Å². The van der Waals surface area contributed by atoms with E-state index in [1.807, 2.05) is 31.2 Å². The maximum absolute atomic E-state index is 14.9. The summed E-state index contributed by atoms with van der Waals surface area (Å²) in [4.78, 5) is 8.36. The zero-order chi connectivity index (χ0) is 27.6. The first-order chi connectivity index (χ1) is 18.1. The summed E-state index contributed by atoms with van der Waals surface area (Å²) in [5.41, 5.74) is 4.45. The second kappa shape index (κ2) is 11.3. The largest absolute Gasteiger partial charge is 0.627 e. The van der Waals surface area contributed by atoms with E-state index in [1.165, 1.54) is 0 Å². The minimum atomic E-state index is -0.498. The van der Waals surface area contributed by atoms with Gasteiger partial charge < -0.3 is 19.7 Å². The molecule has 1 N–H and O–H groups in total. The van der Waals surface area contributed by atoms with Crippen molar-refractivity contribution in [2.45, 2.75) is 70.4 Å². The third-order valence-corrected chi connectivity index (χ3v) is 8.47. The summed E-state index contributed by atoms with van der Waals surface area (Å²) in [6, 6.07) is 20.2. The molecule has 0 aromatic heterocycles. The number of benzene rings is 3. The van der Waals surface area contributed by atoms with Gasteiger partial charge in [-0.1, -0.05) is 47.5 Å². The third-order valence-electron chi connectivity index (χ3n) is 8.03. The van der Waals surface area contributed by atoms with Crippen LogP contribution >= 0.6 is 23.2 Å². The Kier molecular flexibility index (Phi) is 8.43. The van der Waals surface area contributed by atoms with E-state index >= 15 is 0 Å². The second-order valence-electron chi connectivity index (χ2n) is 10.8.